The summed E-state index contributed by atoms with van der Waals surface area (Å²) >= 11 is 0. The number of hydrogen-bond donors (Lipinski definition) is 2. The van der Waals surface area contributed by atoms with E-state index >= 15 is 0 Å². The van der Waals surface area contributed by atoms with Crippen molar-refractivity contribution in [2.24, 2.45) is 0 Å². The molecular weight excluding hydrogens is 404 g/mol. The van der Waals surface area contributed by atoms with Crippen molar-refractivity contribution in [3.8, 4) is 0 Å². The van der Waals surface area contributed by atoms with Gasteiger partial charge in [-0.2, -0.15) is 4.31 Å². The van der Waals surface area contributed by atoms with Crippen molar-refractivity contribution < 1.29 is 8.42 Å². The molecule has 0 radical (unpaired) electrons. The lowest BCUT2D eigenvalue weighted by molar-refractivity contribution is 0.277. The van der Waals surface area contributed by atoms with Gasteiger partial charge in [0.25, 0.3) is 5.56 Å². The number of benzene rings is 1. The lowest BCUT2D eigenvalue weighted by Gasteiger charge is -2.24. The Balaban J connectivity index is 1.70. The third-order valence-electron chi connectivity index (χ3n) is 6.00. The third kappa shape index (κ3) is 4.91. The quantitative estimate of drug-likeness (QED) is 0.719. The Hall–Kier alpha value is -2.23. The van der Waals surface area contributed by atoms with E-state index in [-0.39, 0.29) is 5.41 Å². The molecule has 0 bridgehead atoms. The lowest BCUT2D eigenvalue weighted by Crippen LogP contribution is -2.36. The second-order valence-corrected chi connectivity index (χ2v) is 10.3. The molecule has 1 fully saturated rings. The Labute approximate surface area is 177 Å². The normalized spacial score (nSPS) is 17.0. The van der Waals surface area contributed by atoms with Gasteiger partial charge in [0.2, 0.25) is 10.0 Å². The van der Waals surface area contributed by atoms with E-state index in [4.69, 9.17) is 0 Å². The van der Waals surface area contributed by atoms with Gasteiger partial charge in [0.15, 0.2) is 0 Å². The van der Waals surface area contributed by atoms with E-state index in [0.29, 0.717) is 49.6 Å². The number of sulfonamides is 1. The minimum absolute atomic E-state index is 0.00492. The van der Waals surface area contributed by atoms with Crippen molar-refractivity contribution >= 4 is 10.0 Å². The first-order chi connectivity index (χ1) is 14.1. The maximum atomic E-state index is 13.1. The van der Waals surface area contributed by atoms with Gasteiger partial charge in [-0.05, 0) is 42.5 Å². The minimum atomic E-state index is -3.57. The summed E-state index contributed by atoms with van der Waals surface area (Å²) in [4.78, 5) is 30.1. The zero-order valence-electron chi connectivity index (χ0n) is 17.8. The zero-order valence-corrected chi connectivity index (χ0v) is 18.6. The van der Waals surface area contributed by atoms with Gasteiger partial charge in [-0.25, -0.2) is 13.2 Å². The van der Waals surface area contributed by atoms with Crippen molar-refractivity contribution in [3.05, 3.63) is 62.4 Å². The molecule has 2 N–H and O–H groups in total. The van der Waals surface area contributed by atoms with E-state index < -0.39 is 21.3 Å². The van der Waals surface area contributed by atoms with Crippen molar-refractivity contribution in [1.29, 1.82) is 0 Å². The van der Waals surface area contributed by atoms with Crippen LogP contribution < -0.4 is 11.2 Å². The molecule has 3 rings (SSSR count). The van der Waals surface area contributed by atoms with Crippen LogP contribution in [0.2, 0.25) is 0 Å². The molecule has 8 nitrogen and oxygen atoms in total. The van der Waals surface area contributed by atoms with Crippen molar-refractivity contribution in [1.82, 2.24) is 19.2 Å². The maximum Gasteiger partial charge on any atom is 0.325 e. The van der Waals surface area contributed by atoms with Gasteiger partial charge >= 0.3 is 5.69 Å². The molecule has 2 aromatic rings. The van der Waals surface area contributed by atoms with Gasteiger partial charge < -0.3 is 4.98 Å². The average molecular weight is 435 g/mol. The second-order valence-electron chi connectivity index (χ2n) is 8.39. The molecule has 164 valence electrons. The van der Waals surface area contributed by atoms with E-state index in [2.05, 4.69) is 30.7 Å². The fourth-order valence-corrected chi connectivity index (χ4v) is 5.04. The second kappa shape index (κ2) is 8.87. The predicted octanol–water partition coefficient (Wildman–Crippen LogP) is 1.65. The lowest BCUT2D eigenvalue weighted by atomic mass is 9.82. The fraction of sp³-hybridized carbons (Fsp3) is 0.524. The summed E-state index contributed by atoms with van der Waals surface area (Å²) in [5.74, 6) is 0. The maximum absolute atomic E-state index is 13.1. The van der Waals surface area contributed by atoms with Crippen LogP contribution in [0.1, 0.15) is 44.7 Å². The third-order valence-corrected chi connectivity index (χ3v) is 7.91. The molecule has 0 amide bonds. The first-order valence-electron chi connectivity index (χ1n) is 10.3. The molecule has 1 aromatic carbocycles. The first kappa shape index (κ1) is 22.5. The summed E-state index contributed by atoms with van der Waals surface area (Å²) in [6.45, 7) is 8.75. The molecule has 0 atom stereocenters. The highest BCUT2D eigenvalue weighted by Crippen LogP contribution is 2.28. The zero-order chi connectivity index (χ0) is 21.9. The van der Waals surface area contributed by atoms with Crippen molar-refractivity contribution in [2.75, 3.05) is 26.2 Å². The molecule has 2 heterocycles. The van der Waals surface area contributed by atoms with E-state index in [9.17, 15) is 18.0 Å². The fourth-order valence-electron chi connectivity index (χ4n) is 3.57. The Kier molecular flexibility index (Phi) is 6.64. The van der Waals surface area contributed by atoms with Gasteiger partial charge in [-0.15, -0.1) is 0 Å². The van der Waals surface area contributed by atoms with Crippen LogP contribution in [0.25, 0.3) is 0 Å². The van der Waals surface area contributed by atoms with E-state index in [1.807, 2.05) is 17.0 Å². The number of hydrogen-bond acceptors (Lipinski definition) is 5. The molecule has 1 aliphatic heterocycles. The van der Waals surface area contributed by atoms with E-state index in [0.717, 1.165) is 12.0 Å². The van der Waals surface area contributed by atoms with Crippen LogP contribution >= 0.6 is 0 Å². The molecule has 1 aliphatic rings. The molecule has 0 unspecified atom stereocenters. The monoisotopic (exact) mass is 434 g/mol. The number of aromatic nitrogens is 2. The Morgan fingerprint density at radius 3 is 2.37 bits per heavy atom. The smallest absolute Gasteiger partial charge is 0.314 e. The van der Waals surface area contributed by atoms with Crippen LogP contribution in [0, 0.1) is 0 Å². The van der Waals surface area contributed by atoms with E-state index in [1.165, 1.54) is 10.5 Å². The van der Waals surface area contributed by atoms with Crippen LogP contribution in [0.15, 0.2) is 44.9 Å². The average Bonchev–Trinajstić information content (AvgIpc) is 2.96. The summed E-state index contributed by atoms with van der Waals surface area (Å²) in [5.41, 5.74) is 0.635. The molecule has 1 aromatic heterocycles. The minimum Gasteiger partial charge on any atom is -0.314 e. The van der Waals surface area contributed by atoms with Crippen LogP contribution in [0.5, 0.6) is 0 Å². The molecule has 0 saturated carbocycles. The van der Waals surface area contributed by atoms with Crippen molar-refractivity contribution in [3.63, 3.8) is 0 Å². The molecular formula is C21H30N4O4S. The summed E-state index contributed by atoms with van der Waals surface area (Å²) < 4.78 is 27.8. The highest BCUT2D eigenvalue weighted by atomic mass is 32.2. The van der Waals surface area contributed by atoms with Gasteiger partial charge in [0.05, 0.1) is 4.90 Å². The van der Waals surface area contributed by atoms with Crippen LogP contribution in [-0.4, -0.2) is 53.8 Å². The number of aromatic amines is 2. The molecule has 30 heavy (non-hydrogen) atoms. The first-order valence-corrected chi connectivity index (χ1v) is 11.7. The molecule has 0 aliphatic carbocycles. The molecule has 9 heteroatoms. The summed E-state index contributed by atoms with van der Waals surface area (Å²) in [7, 11) is -3.57. The Bertz CT molecular complexity index is 1090. The molecule has 1 saturated heterocycles. The largest absolute Gasteiger partial charge is 0.325 e. The summed E-state index contributed by atoms with van der Waals surface area (Å²) in [5, 5.41) is 0. The summed E-state index contributed by atoms with van der Waals surface area (Å²) in [6.07, 6.45) is 3.06. The van der Waals surface area contributed by atoms with E-state index in [1.54, 1.807) is 12.1 Å². The standard InChI is InChI=1S/C21H30N4O4S/c1-4-21(2,3)17-6-8-18(9-7-17)30(28,29)25-11-5-10-24(12-13-25)15-16-14-22-20(27)23-19(16)26/h6-9,14H,4-5,10-13,15H2,1-3H3,(H2,22,23,26,27). The van der Waals surface area contributed by atoms with Gasteiger partial charge in [-0.1, -0.05) is 32.9 Å². The van der Waals surface area contributed by atoms with Crippen molar-refractivity contribution in [2.45, 2.75) is 50.5 Å². The van der Waals surface area contributed by atoms with Crippen LogP contribution in [-0.2, 0) is 22.0 Å². The number of nitrogens with zero attached hydrogens (tertiary/aromatic N) is 2. The topological polar surface area (TPSA) is 106 Å². The Morgan fingerprint density at radius 2 is 1.73 bits per heavy atom. The SMILES string of the molecule is CCC(C)(C)c1ccc(S(=O)(=O)N2CCCN(Cc3c[nH]c(=O)[nH]c3=O)CC2)cc1. The highest BCUT2D eigenvalue weighted by molar-refractivity contribution is 7.89. The number of H-pyrrole nitrogens is 2. The number of nitrogens with one attached hydrogen (secondary N) is 2. The van der Waals surface area contributed by atoms with Crippen LogP contribution in [0.3, 0.4) is 0 Å². The molecule has 0 spiro atoms. The highest BCUT2D eigenvalue weighted by Gasteiger charge is 2.28. The van der Waals surface area contributed by atoms with Gasteiger partial charge in [-0.3, -0.25) is 14.7 Å². The number of rotatable bonds is 6. The van der Waals surface area contributed by atoms with Gasteiger partial charge in [0, 0.05) is 37.9 Å². The summed E-state index contributed by atoms with van der Waals surface area (Å²) in [6, 6.07) is 7.21. The van der Waals surface area contributed by atoms with Gasteiger partial charge in [0.1, 0.15) is 0 Å². The van der Waals surface area contributed by atoms with Crippen LogP contribution in [0.4, 0.5) is 0 Å². The predicted molar refractivity (Wildman–Crippen MR) is 116 cm³/mol. The Morgan fingerprint density at radius 1 is 1.03 bits per heavy atom.